The lowest BCUT2D eigenvalue weighted by atomic mass is 10.1. The molecule has 0 fully saturated rings. The van der Waals surface area contributed by atoms with Crippen LogP contribution in [0.5, 0.6) is 11.5 Å². The Morgan fingerprint density at radius 3 is 2.79 bits per heavy atom. The van der Waals surface area contributed by atoms with E-state index >= 15 is 0 Å². The maximum atomic E-state index is 13.6. The first kappa shape index (κ1) is 23.4. The fourth-order valence-electron chi connectivity index (χ4n) is 3.73. The van der Waals surface area contributed by atoms with Crippen LogP contribution < -0.4 is 20.1 Å². The highest BCUT2D eigenvalue weighted by atomic mass is 19.1. The van der Waals surface area contributed by atoms with Gasteiger partial charge in [0.05, 0.1) is 32.6 Å². The van der Waals surface area contributed by atoms with Gasteiger partial charge in [0.25, 0.3) is 0 Å². The lowest BCUT2D eigenvalue weighted by Crippen LogP contribution is -2.27. The van der Waals surface area contributed by atoms with Crippen molar-refractivity contribution in [3.05, 3.63) is 53.3 Å². The van der Waals surface area contributed by atoms with E-state index in [2.05, 4.69) is 25.6 Å². The van der Waals surface area contributed by atoms with Crippen LogP contribution >= 0.6 is 0 Å². The molecule has 4 rings (SSSR count). The highest BCUT2D eigenvalue weighted by molar-refractivity contribution is 5.81. The number of fused-ring (bicyclic) bond motifs is 3. The zero-order chi connectivity index (χ0) is 23.9. The van der Waals surface area contributed by atoms with E-state index in [4.69, 9.17) is 14.2 Å². The Hall–Kier alpha value is -3.79. The Bertz CT molecular complexity index is 1150. The standard InChI is InChI=1S/C24H27FN4O5/c1-3-33-20-12-15-11-19-22(28-29-23(19)27-17-6-4-5-16(25)13-17)18(15)14-21(20)34-10-9-32-8-7-26-24(30)31-2/h4-6,12-14H,3,7-11H2,1-2H3,(H,26,30)(H2,27,28,29). The summed E-state index contributed by atoms with van der Waals surface area (Å²) in [6.07, 6.45) is 0.168. The van der Waals surface area contributed by atoms with Crippen LogP contribution in [0.3, 0.4) is 0 Å². The summed E-state index contributed by atoms with van der Waals surface area (Å²) in [6.45, 7) is 3.79. The molecular formula is C24H27FN4O5. The maximum absolute atomic E-state index is 13.6. The van der Waals surface area contributed by atoms with E-state index in [1.54, 1.807) is 12.1 Å². The Labute approximate surface area is 196 Å². The molecule has 0 bridgehead atoms. The number of hydrogen-bond acceptors (Lipinski definition) is 7. The predicted molar refractivity (Wildman–Crippen MR) is 124 cm³/mol. The van der Waals surface area contributed by atoms with E-state index in [0.29, 0.717) is 62.4 Å². The Balaban J connectivity index is 1.42. The average molecular weight is 471 g/mol. The van der Waals surface area contributed by atoms with Gasteiger partial charge in [-0.1, -0.05) is 6.07 Å². The van der Waals surface area contributed by atoms with Crippen LogP contribution in [0.15, 0.2) is 36.4 Å². The summed E-state index contributed by atoms with van der Waals surface area (Å²) in [5.41, 5.74) is 4.60. The third-order valence-electron chi connectivity index (χ3n) is 5.25. The largest absolute Gasteiger partial charge is 0.490 e. The van der Waals surface area contributed by atoms with Gasteiger partial charge < -0.3 is 29.6 Å². The number of halogens is 1. The van der Waals surface area contributed by atoms with Gasteiger partial charge in [-0.25, -0.2) is 9.18 Å². The van der Waals surface area contributed by atoms with Gasteiger partial charge in [0.15, 0.2) is 17.3 Å². The normalized spacial score (nSPS) is 11.5. The summed E-state index contributed by atoms with van der Waals surface area (Å²) in [7, 11) is 1.31. The van der Waals surface area contributed by atoms with Crippen molar-refractivity contribution in [1.82, 2.24) is 15.5 Å². The van der Waals surface area contributed by atoms with E-state index in [1.807, 2.05) is 19.1 Å². The molecule has 1 aliphatic carbocycles. The number of anilines is 2. The molecule has 0 saturated heterocycles. The quantitative estimate of drug-likeness (QED) is 0.284. The van der Waals surface area contributed by atoms with Gasteiger partial charge in [-0.3, -0.25) is 5.10 Å². The molecule has 9 nitrogen and oxygen atoms in total. The lowest BCUT2D eigenvalue weighted by molar-refractivity contribution is 0.0983. The van der Waals surface area contributed by atoms with Crippen molar-refractivity contribution in [2.24, 2.45) is 0 Å². The maximum Gasteiger partial charge on any atom is 0.406 e. The van der Waals surface area contributed by atoms with Crippen LogP contribution in [0.2, 0.25) is 0 Å². The molecule has 0 saturated carbocycles. The number of methoxy groups -OCH3 is 1. The molecule has 1 amide bonds. The number of nitrogens with zero attached hydrogens (tertiary/aromatic N) is 1. The Kier molecular flexibility index (Phi) is 7.48. The third-order valence-corrected chi connectivity index (χ3v) is 5.25. The number of aromatic nitrogens is 2. The molecule has 1 aliphatic rings. The highest BCUT2D eigenvalue weighted by Crippen LogP contribution is 2.44. The number of rotatable bonds is 11. The number of alkyl carbamates (subject to hydrolysis) is 1. The molecule has 3 aromatic rings. The van der Waals surface area contributed by atoms with Gasteiger partial charge in [-0.05, 0) is 42.8 Å². The second-order valence-electron chi connectivity index (χ2n) is 7.51. The first-order valence-corrected chi connectivity index (χ1v) is 11.0. The molecule has 0 aliphatic heterocycles. The summed E-state index contributed by atoms with van der Waals surface area (Å²) in [5, 5.41) is 13.2. The average Bonchev–Trinajstić information content (AvgIpc) is 3.37. The van der Waals surface area contributed by atoms with Crippen molar-refractivity contribution in [2.45, 2.75) is 13.3 Å². The van der Waals surface area contributed by atoms with Crippen LogP contribution in [0.4, 0.5) is 20.7 Å². The topological polar surface area (TPSA) is 107 Å². The fraction of sp³-hybridized carbons (Fsp3) is 0.333. The minimum absolute atomic E-state index is 0.313. The molecule has 180 valence electrons. The second kappa shape index (κ2) is 10.9. The fourth-order valence-corrected chi connectivity index (χ4v) is 3.73. The van der Waals surface area contributed by atoms with Gasteiger partial charge >= 0.3 is 6.09 Å². The molecule has 34 heavy (non-hydrogen) atoms. The van der Waals surface area contributed by atoms with Gasteiger partial charge in [-0.15, -0.1) is 0 Å². The van der Waals surface area contributed by atoms with E-state index in [1.165, 1.54) is 19.2 Å². The molecule has 3 N–H and O–H groups in total. The van der Waals surface area contributed by atoms with Crippen LogP contribution in [0.25, 0.3) is 11.3 Å². The SMILES string of the molecule is CCOc1cc2c(cc1OCCOCCNC(=O)OC)-c1[nH]nc(Nc3cccc(F)c3)c1C2. The smallest absolute Gasteiger partial charge is 0.406 e. The summed E-state index contributed by atoms with van der Waals surface area (Å²) in [4.78, 5) is 11.0. The molecule has 0 spiro atoms. The molecule has 2 aromatic carbocycles. The molecule has 0 unspecified atom stereocenters. The molecule has 1 aromatic heterocycles. The van der Waals surface area contributed by atoms with Crippen molar-refractivity contribution < 1.29 is 28.1 Å². The van der Waals surface area contributed by atoms with E-state index < -0.39 is 6.09 Å². The lowest BCUT2D eigenvalue weighted by Gasteiger charge is -2.14. The number of H-pyrrole nitrogens is 1. The predicted octanol–water partition coefficient (Wildman–Crippen LogP) is 4.01. The summed E-state index contributed by atoms with van der Waals surface area (Å²) < 4.78 is 35.3. The number of ether oxygens (including phenoxy) is 4. The second-order valence-corrected chi connectivity index (χ2v) is 7.51. The minimum Gasteiger partial charge on any atom is -0.490 e. The molecule has 10 heteroatoms. The van der Waals surface area contributed by atoms with Crippen molar-refractivity contribution in [1.29, 1.82) is 0 Å². The van der Waals surface area contributed by atoms with Crippen LogP contribution in [-0.2, 0) is 15.9 Å². The number of carbonyl (C=O) groups is 1. The first-order valence-electron chi connectivity index (χ1n) is 11.0. The number of amides is 1. The molecule has 0 radical (unpaired) electrons. The van der Waals surface area contributed by atoms with E-state index in [0.717, 1.165) is 22.4 Å². The van der Waals surface area contributed by atoms with Gasteiger partial charge in [0.1, 0.15) is 12.4 Å². The zero-order valence-electron chi connectivity index (χ0n) is 19.1. The number of hydrogen-bond donors (Lipinski definition) is 3. The summed E-state index contributed by atoms with van der Waals surface area (Å²) >= 11 is 0. The van der Waals surface area contributed by atoms with Gasteiger partial charge in [0, 0.05) is 29.8 Å². The number of nitrogens with one attached hydrogen (secondary N) is 3. The van der Waals surface area contributed by atoms with Crippen molar-refractivity contribution in [3.63, 3.8) is 0 Å². The zero-order valence-corrected chi connectivity index (χ0v) is 19.1. The molecule has 0 atom stereocenters. The van der Waals surface area contributed by atoms with Crippen LogP contribution in [0, 0.1) is 5.82 Å². The number of aromatic amines is 1. The Morgan fingerprint density at radius 2 is 2.00 bits per heavy atom. The van der Waals surface area contributed by atoms with E-state index in [9.17, 15) is 9.18 Å². The summed E-state index contributed by atoms with van der Waals surface area (Å²) in [6, 6.07) is 10.2. The third kappa shape index (κ3) is 5.40. The van der Waals surface area contributed by atoms with Crippen LogP contribution in [0.1, 0.15) is 18.1 Å². The van der Waals surface area contributed by atoms with E-state index in [-0.39, 0.29) is 5.82 Å². The number of carbonyl (C=O) groups excluding carboxylic acids is 1. The van der Waals surface area contributed by atoms with Crippen molar-refractivity contribution >= 4 is 17.6 Å². The van der Waals surface area contributed by atoms with Gasteiger partial charge in [-0.2, -0.15) is 5.10 Å². The number of benzene rings is 2. The molecule has 1 heterocycles. The first-order chi connectivity index (χ1) is 16.6. The van der Waals surface area contributed by atoms with Crippen molar-refractivity contribution in [3.8, 4) is 22.8 Å². The minimum atomic E-state index is -0.494. The Morgan fingerprint density at radius 1 is 1.15 bits per heavy atom. The highest BCUT2D eigenvalue weighted by Gasteiger charge is 2.27. The monoisotopic (exact) mass is 470 g/mol. The van der Waals surface area contributed by atoms with Crippen LogP contribution in [-0.4, -0.2) is 56.4 Å². The van der Waals surface area contributed by atoms with Crippen molar-refractivity contribution in [2.75, 3.05) is 45.4 Å². The summed E-state index contributed by atoms with van der Waals surface area (Å²) in [5.74, 6) is 1.61. The molecular weight excluding hydrogens is 443 g/mol. The van der Waals surface area contributed by atoms with Gasteiger partial charge in [0.2, 0.25) is 0 Å².